The molecule has 11 heavy (non-hydrogen) atoms. The first-order chi connectivity index (χ1) is 5.22. The number of ether oxygens (including phenoxy) is 1. The molecule has 0 spiro atoms. The molecule has 0 fully saturated rings. The molecule has 4 nitrogen and oxygen atoms in total. The summed E-state index contributed by atoms with van der Waals surface area (Å²) in [4.78, 5) is 10.1. The monoisotopic (exact) mass is 155 g/mol. The molecule has 4 heteroatoms. The highest BCUT2D eigenvalue weighted by Gasteiger charge is 1.94. The molecule has 0 radical (unpaired) electrons. The van der Waals surface area contributed by atoms with Gasteiger partial charge in [-0.25, -0.2) is 0 Å². The summed E-state index contributed by atoms with van der Waals surface area (Å²) in [5.74, 6) is -0.567. The molecule has 0 amide bonds. The van der Waals surface area contributed by atoms with Gasteiger partial charge in [-0.2, -0.15) is 5.26 Å². The zero-order valence-electron chi connectivity index (χ0n) is 5.99. The van der Waals surface area contributed by atoms with E-state index >= 15 is 0 Å². The maximum atomic E-state index is 10.1. The first kappa shape index (κ1) is 12.0. The van der Waals surface area contributed by atoms with Crippen molar-refractivity contribution in [2.75, 3.05) is 0 Å². The van der Waals surface area contributed by atoms with Crippen molar-refractivity contribution in [2.24, 2.45) is 0 Å². The normalized spacial score (nSPS) is 6.09. The van der Waals surface area contributed by atoms with E-state index in [-0.39, 0.29) is 6.42 Å². The summed E-state index contributed by atoms with van der Waals surface area (Å²) in [6.07, 6.45) is 1.53. The fourth-order valence-corrected chi connectivity index (χ4v) is 0.199. The molecule has 0 aromatic rings. The summed E-state index contributed by atoms with van der Waals surface area (Å²) in [6, 6.07) is 1.63. The molecule has 1 N–H and O–H groups in total. The number of esters is 1. The average Bonchev–Trinajstić information content (AvgIpc) is 1.90. The number of carbonyl (C=O) groups is 1. The predicted molar refractivity (Wildman–Crippen MR) is 39.3 cm³/mol. The Balaban J connectivity index is 0. The third-order valence-corrected chi connectivity index (χ3v) is 0.438. The van der Waals surface area contributed by atoms with Gasteiger partial charge in [0.2, 0.25) is 0 Å². The van der Waals surface area contributed by atoms with Crippen molar-refractivity contribution in [3.05, 3.63) is 25.7 Å². The van der Waals surface area contributed by atoms with Crippen LogP contribution in [0.15, 0.2) is 25.7 Å². The van der Waals surface area contributed by atoms with Crippen molar-refractivity contribution >= 4 is 5.97 Å². The highest BCUT2D eigenvalue weighted by Crippen LogP contribution is 1.81. The minimum absolute atomic E-state index is 0.216. The van der Waals surface area contributed by atoms with Crippen LogP contribution < -0.4 is 0 Å². The predicted octanol–water partition coefficient (Wildman–Crippen LogP) is 1.27. The molecule has 0 saturated heterocycles. The topological polar surface area (TPSA) is 70.3 Å². The highest BCUT2D eigenvalue weighted by molar-refractivity contribution is 5.72. The fraction of sp³-hybridized carbons (Fsp3) is 0.143. The fourth-order valence-electron chi connectivity index (χ4n) is 0.199. The van der Waals surface area contributed by atoms with Crippen LogP contribution in [0.4, 0.5) is 0 Å². The van der Waals surface area contributed by atoms with Crippen LogP contribution in [0.3, 0.4) is 0 Å². The number of nitrogens with zero attached hydrogens (tertiary/aromatic N) is 1. The Kier molecular flexibility index (Phi) is 12.1. The highest BCUT2D eigenvalue weighted by atomic mass is 16.5. The molecule has 0 rings (SSSR count). The van der Waals surface area contributed by atoms with Gasteiger partial charge >= 0.3 is 5.97 Å². The van der Waals surface area contributed by atoms with Crippen molar-refractivity contribution < 1.29 is 14.6 Å². The van der Waals surface area contributed by atoms with Crippen molar-refractivity contribution in [1.29, 1.82) is 5.26 Å². The molecule has 0 heterocycles. The van der Waals surface area contributed by atoms with Crippen molar-refractivity contribution in [2.45, 2.75) is 6.42 Å². The van der Waals surface area contributed by atoms with E-state index in [4.69, 9.17) is 10.4 Å². The second-order valence-electron chi connectivity index (χ2n) is 1.17. The molecule has 0 aromatic heterocycles. The Labute approximate surface area is 65.0 Å². The molecular weight excluding hydrogens is 146 g/mol. The summed E-state index contributed by atoms with van der Waals surface area (Å²) in [6.45, 7) is 6.05. The lowest BCUT2D eigenvalue weighted by molar-refractivity contribution is -0.136. The maximum absolute atomic E-state index is 10.1. The molecular formula is C7H9NO3. The quantitative estimate of drug-likeness (QED) is 0.481. The van der Waals surface area contributed by atoms with Crippen molar-refractivity contribution in [3.8, 4) is 6.07 Å². The van der Waals surface area contributed by atoms with Crippen molar-refractivity contribution in [1.82, 2.24) is 0 Å². The van der Waals surface area contributed by atoms with E-state index in [9.17, 15) is 4.79 Å². The Hall–Kier alpha value is -1.76. The van der Waals surface area contributed by atoms with E-state index in [2.05, 4.69) is 17.9 Å². The first-order valence-electron chi connectivity index (χ1n) is 2.65. The molecule has 0 bridgehead atoms. The lowest BCUT2D eigenvalue weighted by atomic mass is 10.5. The van der Waals surface area contributed by atoms with Crippen LogP contribution in [-0.2, 0) is 9.53 Å². The van der Waals surface area contributed by atoms with E-state index in [1.165, 1.54) is 0 Å². The van der Waals surface area contributed by atoms with Gasteiger partial charge in [-0.3, -0.25) is 4.79 Å². The Morgan fingerprint density at radius 1 is 1.73 bits per heavy atom. The summed E-state index contributed by atoms with van der Waals surface area (Å²) < 4.78 is 4.18. The van der Waals surface area contributed by atoms with Gasteiger partial charge in [0.25, 0.3) is 0 Å². The molecule has 0 aliphatic heterocycles. The summed E-state index contributed by atoms with van der Waals surface area (Å²) in [7, 11) is 0. The van der Waals surface area contributed by atoms with Crippen LogP contribution in [0.5, 0.6) is 0 Å². The van der Waals surface area contributed by atoms with Crippen LogP contribution in [0, 0.1) is 11.3 Å². The van der Waals surface area contributed by atoms with Crippen LogP contribution in [0.2, 0.25) is 0 Å². The molecule has 0 atom stereocenters. The molecule has 0 aromatic carbocycles. The second kappa shape index (κ2) is 11.1. The van der Waals surface area contributed by atoms with Gasteiger partial charge < -0.3 is 9.84 Å². The van der Waals surface area contributed by atoms with E-state index in [1.807, 2.05) is 0 Å². The lowest BCUT2D eigenvalue weighted by Gasteiger charge is -1.87. The van der Waals surface area contributed by atoms with E-state index in [0.717, 1.165) is 12.5 Å². The third-order valence-electron chi connectivity index (χ3n) is 0.438. The van der Waals surface area contributed by atoms with Crippen LogP contribution >= 0.6 is 0 Å². The van der Waals surface area contributed by atoms with Gasteiger partial charge in [0.15, 0.2) is 0 Å². The van der Waals surface area contributed by atoms with Gasteiger partial charge in [0, 0.05) is 0 Å². The van der Waals surface area contributed by atoms with Gasteiger partial charge in [-0.15, -0.1) is 0 Å². The van der Waals surface area contributed by atoms with Gasteiger partial charge in [0.05, 0.1) is 18.6 Å². The SMILES string of the molecule is C=CO.C=COC(=O)CC#N. The van der Waals surface area contributed by atoms with Gasteiger partial charge in [-0.05, 0) is 0 Å². The van der Waals surface area contributed by atoms with E-state index < -0.39 is 5.97 Å². The minimum Gasteiger partial charge on any atom is -0.516 e. The minimum atomic E-state index is -0.567. The number of hydrogen-bond donors (Lipinski definition) is 1. The number of aliphatic hydroxyl groups excluding tert-OH is 1. The summed E-state index contributed by atoms with van der Waals surface area (Å²) in [5.41, 5.74) is 0. The number of aliphatic hydroxyl groups is 1. The average molecular weight is 155 g/mol. The Morgan fingerprint density at radius 3 is 2.45 bits per heavy atom. The number of nitriles is 1. The molecule has 0 aliphatic rings. The second-order valence-corrected chi connectivity index (χ2v) is 1.17. The number of hydrogen-bond acceptors (Lipinski definition) is 4. The number of carbonyl (C=O) groups excluding carboxylic acids is 1. The zero-order valence-corrected chi connectivity index (χ0v) is 5.99. The summed E-state index contributed by atoms with van der Waals surface area (Å²) in [5, 5.41) is 15.2. The van der Waals surface area contributed by atoms with Gasteiger partial charge in [0.1, 0.15) is 6.42 Å². The van der Waals surface area contributed by atoms with Gasteiger partial charge in [-0.1, -0.05) is 13.2 Å². The standard InChI is InChI=1S/C5H5NO2.C2H4O/c1-2-8-5(7)3-4-6;1-2-3/h2H,1,3H2;2-3H,1H2. The van der Waals surface area contributed by atoms with Crippen LogP contribution in [0.25, 0.3) is 0 Å². The molecule has 60 valence electrons. The zero-order chi connectivity index (χ0) is 9.11. The Morgan fingerprint density at radius 2 is 2.18 bits per heavy atom. The van der Waals surface area contributed by atoms with E-state index in [0.29, 0.717) is 0 Å². The first-order valence-corrected chi connectivity index (χ1v) is 2.65. The molecule has 0 unspecified atom stereocenters. The smallest absolute Gasteiger partial charge is 0.324 e. The van der Waals surface area contributed by atoms with Crippen LogP contribution in [0.1, 0.15) is 6.42 Å². The third kappa shape index (κ3) is 17.8. The lowest BCUT2D eigenvalue weighted by Crippen LogP contribution is -1.95. The number of rotatable bonds is 2. The van der Waals surface area contributed by atoms with Crippen molar-refractivity contribution in [3.63, 3.8) is 0 Å². The molecule has 0 saturated carbocycles. The molecule has 0 aliphatic carbocycles. The summed E-state index contributed by atoms with van der Waals surface area (Å²) >= 11 is 0. The van der Waals surface area contributed by atoms with E-state index in [1.54, 1.807) is 6.07 Å². The largest absolute Gasteiger partial charge is 0.516 e. The maximum Gasteiger partial charge on any atom is 0.324 e. The van der Waals surface area contributed by atoms with Crippen LogP contribution in [-0.4, -0.2) is 11.1 Å². The Bertz CT molecular complexity index is 169.